The molecule has 1 aromatic heterocycles. The van der Waals surface area contributed by atoms with Crippen LogP contribution in [0.15, 0.2) is 0 Å². The third-order valence-corrected chi connectivity index (χ3v) is 3.95. The van der Waals surface area contributed by atoms with Gasteiger partial charge in [-0.05, 0) is 40.2 Å². The first kappa shape index (κ1) is 23.1. The Balaban J connectivity index is 2.61. The van der Waals surface area contributed by atoms with Gasteiger partial charge in [0.15, 0.2) is 0 Å². The second-order valence-electron chi connectivity index (χ2n) is 6.68. The van der Waals surface area contributed by atoms with E-state index in [0.29, 0.717) is 35.7 Å². The molecule has 0 saturated carbocycles. The number of rotatable bonds is 11. The molecule has 0 aliphatic heterocycles. The fourth-order valence-electron chi connectivity index (χ4n) is 2.68. The molecule has 8 nitrogen and oxygen atoms in total. The first-order chi connectivity index (χ1) is 12.7. The van der Waals surface area contributed by atoms with E-state index in [-0.39, 0.29) is 31.8 Å². The summed E-state index contributed by atoms with van der Waals surface area (Å²) in [5.74, 6) is -0.768. The summed E-state index contributed by atoms with van der Waals surface area (Å²) in [5.41, 5.74) is 1.82. The molecule has 2 N–H and O–H groups in total. The van der Waals surface area contributed by atoms with Crippen molar-refractivity contribution in [2.24, 2.45) is 0 Å². The smallest absolute Gasteiger partial charge is 0.340 e. The van der Waals surface area contributed by atoms with E-state index in [9.17, 15) is 14.7 Å². The maximum atomic E-state index is 12.7. The molecule has 0 radical (unpaired) electrons. The van der Waals surface area contributed by atoms with Gasteiger partial charge >= 0.3 is 5.97 Å². The fraction of sp³-hybridized carbons (Fsp3) is 0.684. The Morgan fingerprint density at radius 1 is 1.22 bits per heavy atom. The number of amides is 1. The molecule has 0 fully saturated rings. The van der Waals surface area contributed by atoms with Gasteiger partial charge < -0.3 is 29.2 Å². The van der Waals surface area contributed by atoms with E-state index < -0.39 is 12.1 Å². The Morgan fingerprint density at radius 2 is 1.89 bits per heavy atom. The van der Waals surface area contributed by atoms with E-state index in [1.54, 1.807) is 27.8 Å². The molecule has 27 heavy (non-hydrogen) atoms. The van der Waals surface area contributed by atoms with Crippen LogP contribution in [0.25, 0.3) is 0 Å². The average molecular weight is 384 g/mol. The molecule has 0 aliphatic rings. The van der Waals surface area contributed by atoms with Crippen LogP contribution < -0.4 is 0 Å². The van der Waals surface area contributed by atoms with Crippen molar-refractivity contribution in [1.82, 2.24) is 9.88 Å². The number of H-pyrrole nitrogens is 1. The number of aryl methyl sites for hydroxylation is 1. The minimum absolute atomic E-state index is 0.107. The first-order valence-corrected chi connectivity index (χ1v) is 9.18. The molecule has 1 atom stereocenters. The lowest BCUT2D eigenvalue weighted by Crippen LogP contribution is -2.37. The van der Waals surface area contributed by atoms with Crippen molar-refractivity contribution in [3.8, 4) is 0 Å². The number of hydrogen-bond donors (Lipinski definition) is 2. The Hall–Kier alpha value is -1.90. The van der Waals surface area contributed by atoms with E-state index in [4.69, 9.17) is 14.2 Å². The second kappa shape index (κ2) is 11.1. The van der Waals surface area contributed by atoms with Gasteiger partial charge in [-0.1, -0.05) is 0 Å². The zero-order valence-electron chi connectivity index (χ0n) is 17.1. The number of aromatic amines is 1. The van der Waals surface area contributed by atoms with E-state index in [1.165, 1.54) is 4.90 Å². The van der Waals surface area contributed by atoms with Gasteiger partial charge in [0.05, 0.1) is 44.2 Å². The van der Waals surface area contributed by atoms with Crippen LogP contribution in [-0.2, 0) is 14.2 Å². The van der Waals surface area contributed by atoms with Crippen molar-refractivity contribution >= 4 is 11.9 Å². The summed E-state index contributed by atoms with van der Waals surface area (Å²) < 4.78 is 15.7. The van der Waals surface area contributed by atoms with Crippen molar-refractivity contribution in [3.63, 3.8) is 0 Å². The molecule has 0 aromatic carbocycles. The summed E-state index contributed by atoms with van der Waals surface area (Å²) in [6.07, 6.45) is -0.687. The highest BCUT2D eigenvalue weighted by Crippen LogP contribution is 2.20. The average Bonchev–Trinajstić information content (AvgIpc) is 2.88. The minimum atomic E-state index is -0.820. The van der Waals surface area contributed by atoms with Crippen LogP contribution in [0.1, 0.15) is 52.9 Å². The number of carbonyl (C=O) groups excluding carboxylic acids is 2. The van der Waals surface area contributed by atoms with E-state index >= 15 is 0 Å². The molecule has 0 saturated heterocycles. The predicted molar refractivity (Wildman–Crippen MR) is 101 cm³/mol. The number of nitrogens with one attached hydrogen (secondary N) is 1. The van der Waals surface area contributed by atoms with Crippen LogP contribution in [0.2, 0.25) is 0 Å². The van der Waals surface area contributed by atoms with Gasteiger partial charge in [0.1, 0.15) is 5.69 Å². The van der Waals surface area contributed by atoms with E-state index in [0.717, 1.165) is 0 Å². The molecular formula is C19H32N2O6. The number of aliphatic hydroxyl groups is 1. The number of nitrogens with zero attached hydrogens (tertiary/aromatic N) is 1. The molecule has 0 aliphatic carbocycles. The van der Waals surface area contributed by atoms with Gasteiger partial charge in [-0.25, -0.2) is 4.79 Å². The van der Waals surface area contributed by atoms with Gasteiger partial charge in [-0.2, -0.15) is 0 Å². The van der Waals surface area contributed by atoms with Gasteiger partial charge in [0.2, 0.25) is 0 Å². The SMILES string of the molecule is CCOC(=O)c1c(C)[nH]c(C(=O)N(C)CC(O)COCCOC(C)C)c1C. The summed E-state index contributed by atoms with van der Waals surface area (Å²) in [7, 11) is 1.59. The van der Waals surface area contributed by atoms with Gasteiger partial charge in [-0.15, -0.1) is 0 Å². The number of aliphatic hydroxyl groups excluding tert-OH is 1. The topological polar surface area (TPSA) is 101 Å². The van der Waals surface area contributed by atoms with Gasteiger partial charge in [0, 0.05) is 19.3 Å². The van der Waals surface area contributed by atoms with Crippen molar-refractivity contribution in [2.45, 2.75) is 46.8 Å². The van der Waals surface area contributed by atoms with E-state index in [1.807, 2.05) is 13.8 Å². The van der Waals surface area contributed by atoms with Crippen molar-refractivity contribution in [2.75, 3.05) is 40.0 Å². The quantitative estimate of drug-likeness (QED) is 0.445. The standard InChI is InChI=1S/C19H32N2O6/c1-7-26-19(24)16-13(4)17(20-14(16)5)18(23)21(6)10-15(22)11-25-8-9-27-12(2)3/h12,15,20,22H,7-11H2,1-6H3. The molecule has 0 spiro atoms. The number of ether oxygens (including phenoxy) is 3. The number of likely N-dealkylation sites (N-methyl/N-ethyl adjacent to an activating group) is 1. The van der Waals surface area contributed by atoms with Crippen LogP contribution in [0.4, 0.5) is 0 Å². The molecule has 1 aromatic rings. The van der Waals surface area contributed by atoms with Crippen LogP contribution in [-0.4, -0.2) is 79.1 Å². The lowest BCUT2D eigenvalue weighted by atomic mass is 10.1. The Labute approximate surface area is 160 Å². The molecule has 8 heteroatoms. The van der Waals surface area contributed by atoms with Crippen LogP contribution in [0.5, 0.6) is 0 Å². The molecule has 1 heterocycles. The highest BCUT2D eigenvalue weighted by Gasteiger charge is 2.25. The Bertz CT molecular complexity index is 626. The molecule has 1 rings (SSSR count). The zero-order valence-corrected chi connectivity index (χ0v) is 17.1. The maximum absolute atomic E-state index is 12.7. The van der Waals surface area contributed by atoms with Crippen LogP contribution in [0.3, 0.4) is 0 Å². The third kappa shape index (κ3) is 6.97. The maximum Gasteiger partial charge on any atom is 0.340 e. The number of esters is 1. The third-order valence-electron chi connectivity index (χ3n) is 3.95. The first-order valence-electron chi connectivity index (χ1n) is 9.18. The number of carbonyl (C=O) groups is 2. The molecular weight excluding hydrogens is 352 g/mol. The summed E-state index contributed by atoms with van der Waals surface area (Å²) in [5, 5.41) is 10.1. The zero-order chi connectivity index (χ0) is 20.6. The molecule has 1 amide bonds. The lowest BCUT2D eigenvalue weighted by Gasteiger charge is -2.21. The van der Waals surface area contributed by atoms with Crippen molar-refractivity contribution in [1.29, 1.82) is 0 Å². The fourth-order valence-corrected chi connectivity index (χ4v) is 2.68. The minimum Gasteiger partial charge on any atom is -0.462 e. The lowest BCUT2D eigenvalue weighted by molar-refractivity contribution is -0.0160. The predicted octanol–water partition coefficient (Wildman–Crippen LogP) is 1.68. The Morgan fingerprint density at radius 3 is 2.48 bits per heavy atom. The van der Waals surface area contributed by atoms with Crippen LogP contribution >= 0.6 is 0 Å². The second-order valence-corrected chi connectivity index (χ2v) is 6.68. The van der Waals surface area contributed by atoms with Gasteiger partial charge in [0.25, 0.3) is 5.91 Å². The number of hydrogen-bond acceptors (Lipinski definition) is 6. The molecule has 1 unspecified atom stereocenters. The highest BCUT2D eigenvalue weighted by atomic mass is 16.5. The largest absolute Gasteiger partial charge is 0.462 e. The summed E-state index contributed by atoms with van der Waals surface area (Å²) in [6.45, 7) is 10.3. The van der Waals surface area contributed by atoms with Crippen molar-refractivity contribution in [3.05, 3.63) is 22.5 Å². The Kier molecular flexibility index (Phi) is 9.48. The number of aromatic nitrogens is 1. The van der Waals surface area contributed by atoms with Crippen molar-refractivity contribution < 1.29 is 28.9 Å². The normalized spacial score (nSPS) is 12.3. The molecule has 0 bridgehead atoms. The van der Waals surface area contributed by atoms with E-state index in [2.05, 4.69) is 4.98 Å². The van der Waals surface area contributed by atoms with Gasteiger partial charge in [-0.3, -0.25) is 4.79 Å². The van der Waals surface area contributed by atoms with Crippen LogP contribution in [0, 0.1) is 13.8 Å². The summed E-state index contributed by atoms with van der Waals surface area (Å²) in [4.78, 5) is 29.1. The molecule has 154 valence electrons. The summed E-state index contributed by atoms with van der Waals surface area (Å²) >= 11 is 0. The monoisotopic (exact) mass is 384 g/mol. The highest BCUT2D eigenvalue weighted by molar-refractivity contribution is 6.00. The summed E-state index contributed by atoms with van der Waals surface area (Å²) in [6, 6.07) is 0.